The van der Waals surface area contributed by atoms with Gasteiger partial charge in [-0.1, -0.05) is 37.8 Å². The van der Waals surface area contributed by atoms with Crippen LogP contribution in [0.3, 0.4) is 0 Å². The van der Waals surface area contributed by atoms with Gasteiger partial charge in [0.05, 0.1) is 7.11 Å². The van der Waals surface area contributed by atoms with Gasteiger partial charge in [-0.3, -0.25) is 0 Å². The van der Waals surface area contributed by atoms with Crippen LogP contribution in [-0.4, -0.2) is 12.2 Å². The van der Waals surface area contributed by atoms with Gasteiger partial charge in [0.1, 0.15) is 11.9 Å². The van der Waals surface area contributed by atoms with Crippen molar-refractivity contribution < 1.29 is 9.84 Å². The summed E-state index contributed by atoms with van der Waals surface area (Å²) in [6.07, 6.45) is 3.64. The molecule has 2 nitrogen and oxygen atoms in total. The minimum Gasteiger partial charge on any atom is -0.497 e. The van der Waals surface area contributed by atoms with E-state index < -0.39 is 6.10 Å². The van der Waals surface area contributed by atoms with E-state index in [-0.39, 0.29) is 0 Å². The molecule has 0 amide bonds. The standard InChI is InChI=1S/C15H20O2/c1-3-4-5-6-7-11-15(16)13-9-8-10-14(12-13)17-2/h8-10,12,15-16H,3-6H2,1-2H3. The Morgan fingerprint density at radius 1 is 1.35 bits per heavy atom. The quantitative estimate of drug-likeness (QED) is 0.623. The third-order valence-corrected chi connectivity index (χ3v) is 2.55. The van der Waals surface area contributed by atoms with Gasteiger partial charge in [0.15, 0.2) is 0 Å². The SMILES string of the molecule is CCCCCC#CC(O)c1cccc(OC)c1. The molecule has 1 atom stereocenters. The molecular weight excluding hydrogens is 212 g/mol. The zero-order valence-corrected chi connectivity index (χ0v) is 10.6. The second kappa shape index (κ2) is 7.76. The van der Waals surface area contributed by atoms with Gasteiger partial charge < -0.3 is 9.84 Å². The Kier molecular flexibility index (Phi) is 6.21. The maximum Gasteiger partial charge on any atom is 0.140 e. The molecule has 1 aromatic rings. The van der Waals surface area contributed by atoms with Crippen LogP contribution in [0.25, 0.3) is 0 Å². The van der Waals surface area contributed by atoms with Gasteiger partial charge in [-0.05, 0) is 24.1 Å². The lowest BCUT2D eigenvalue weighted by Gasteiger charge is -2.05. The molecular formula is C15H20O2. The van der Waals surface area contributed by atoms with Gasteiger partial charge in [0.2, 0.25) is 0 Å². The Bertz CT molecular complexity index is 387. The van der Waals surface area contributed by atoms with E-state index in [2.05, 4.69) is 18.8 Å². The molecule has 0 saturated carbocycles. The van der Waals surface area contributed by atoms with Crippen LogP contribution in [0.5, 0.6) is 5.75 Å². The molecule has 0 aromatic heterocycles. The lowest BCUT2D eigenvalue weighted by atomic mass is 10.1. The Hall–Kier alpha value is -1.46. The number of benzene rings is 1. The van der Waals surface area contributed by atoms with Gasteiger partial charge in [0, 0.05) is 6.42 Å². The molecule has 1 aromatic carbocycles. The minimum absolute atomic E-state index is 0.716. The maximum atomic E-state index is 9.87. The van der Waals surface area contributed by atoms with Crippen molar-refractivity contribution >= 4 is 0 Å². The van der Waals surface area contributed by atoms with E-state index in [9.17, 15) is 5.11 Å². The number of aliphatic hydroxyl groups excluding tert-OH is 1. The van der Waals surface area contributed by atoms with Crippen molar-refractivity contribution in [2.75, 3.05) is 7.11 Å². The van der Waals surface area contributed by atoms with Crippen molar-refractivity contribution in [3.05, 3.63) is 29.8 Å². The highest BCUT2D eigenvalue weighted by Gasteiger charge is 2.03. The molecule has 1 unspecified atom stereocenters. The molecule has 0 bridgehead atoms. The molecule has 2 heteroatoms. The molecule has 92 valence electrons. The average molecular weight is 232 g/mol. The fourth-order valence-corrected chi connectivity index (χ4v) is 1.53. The van der Waals surface area contributed by atoms with E-state index >= 15 is 0 Å². The smallest absolute Gasteiger partial charge is 0.140 e. The van der Waals surface area contributed by atoms with Crippen LogP contribution in [0.1, 0.15) is 44.3 Å². The van der Waals surface area contributed by atoms with Crippen LogP contribution in [0, 0.1) is 11.8 Å². The summed E-state index contributed by atoms with van der Waals surface area (Å²) in [7, 11) is 1.61. The topological polar surface area (TPSA) is 29.5 Å². The number of methoxy groups -OCH3 is 1. The molecule has 1 N–H and O–H groups in total. The van der Waals surface area contributed by atoms with E-state index in [1.807, 2.05) is 24.3 Å². The molecule has 0 spiro atoms. The molecule has 0 aliphatic rings. The fourth-order valence-electron chi connectivity index (χ4n) is 1.53. The highest BCUT2D eigenvalue weighted by Crippen LogP contribution is 2.18. The maximum absolute atomic E-state index is 9.87. The van der Waals surface area contributed by atoms with Gasteiger partial charge in [0.25, 0.3) is 0 Å². The summed E-state index contributed by atoms with van der Waals surface area (Å²) in [4.78, 5) is 0. The largest absolute Gasteiger partial charge is 0.497 e. The minimum atomic E-state index is -0.716. The Morgan fingerprint density at radius 3 is 2.88 bits per heavy atom. The fraction of sp³-hybridized carbons (Fsp3) is 0.467. The number of rotatable bonds is 5. The van der Waals surface area contributed by atoms with Crippen LogP contribution >= 0.6 is 0 Å². The predicted octanol–water partition coefficient (Wildman–Crippen LogP) is 3.31. The number of hydrogen-bond donors (Lipinski definition) is 1. The molecule has 0 aliphatic carbocycles. The first-order valence-electron chi connectivity index (χ1n) is 6.08. The predicted molar refractivity (Wildman–Crippen MR) is 69.9 cm³/mol. The first-order chi connectivity index (χ1) is 8.27. The Balaban J connectivity index is 2.53. The summed E-state index contributed by atoms with van der Waals surface area (Å²) in [5, 5.41) is 9.87. The van der Waals surface area contributed by atoms with Gasteiger partial charge in [-0.2, -0.15) is 0 Å². The van der Waals surface area contributed by atoms with E-state index in [0.717, 1.165) is 24.2 Å². The molecule has 0 radical (unpaired) electrons. The van der Waals surface area contributed by atoms with E-state index in [0.29, 0.717) is 0 Å². The van der Waals surface area contributed by atoms with Crippen LogP contribution in [-0.2, 0) is 0 Å². The van der Waals surface area contributed by atoms with E-state index in [1.54, 1.807) is 7.11 Å². The lowest BCUT2D eigenvalue weighted by molar-refractivity contribution is 0.237. The first kappa shape index (κ1) is 13.6. The summed E-state index contributed by atoms with van der Waals surface area (Å²) < 4.78 is 5.10. The number of hydrogen-bond acceptors (Lipinski definition) is 2. The van der Waals surface area contributed by atoms with Gasteiger partial charge in [-0.25, -0.2) is 0 Å². The molecule has 0 heterocycles. The normalized spacial score (nSPS) is 11.5. The summed E-state index contributed by atoms with van der Waals surface area (Å²) in [5.41, 5.74) is 0.785. The van der Waals surface area contributed by atoms with Crippen molar-refractivity contribution in [3.8, 4) is 17.6 Å². The van der Waals surface area contributed by atoms with Crippen molar-refractivity contribution in [1.82, 2.24) is 0 Å². The lowest BCUT2D eigenvalue weighted by Crippen LogP contribution is -1.94. The summed E-state index contributed by atoms with van der Waals surface area (Å²) in [5.74, 6) is 6.62. The van der Waals surface area contributed by atoms with Crippen LogP contribution < -0.4 is 4.74 Å². The summed E-state index contributed by atoms with van der Waals surface area (Å²) >= 11 is 0. The van der Waals surface area contributed by atoms with Crippen molar-refractivity contribution in [3.63, 3.8) is 0 Å². The summed E-state index contributed by atoms with van der Waals surface area (Å²) in [6, 6.07) is 7.38. The third-order valence-electron chi connectivity index (χ3n) is 2.55. The van der Waals surface area contributed by atoms with Crippen LogP contribution in [0.15, 0.2) is 24.3 Å². The first-order valence-corrected chi connectivity index (χ1v) is 6.08. The van der Waals surface area contributed by atoms with E-state index in [1.165, 1.54) is 12.8 Å². The second-order valence-electron chi connectivity index (χ2n) is 3.96. The average Bonchev–Trinajstić information content (AvgIpc) is 2.38. The second-order valence-corrected chi connectivity index (χ2v) is 3.96. The van der Waals surface area contributed by atoms with Crippen molar-refractivity contribution in [1.29, 1.82) is 0 Å². The molecule has 0 saturated heterocycles. The molecule has 1 rings (SSSR count). The van der Waals surface area contributed by atoms with E-state index in [4.69, 9.17) is 4.74 Å². The Morgan fingerprint density at radius 2 is 2.18 bits per heavy atom. The van der Waals surface area contributed by atoms with Crippen molar-refractivity contribution in [2.45, 2.75) is 38.7 Å². The zero-order valence-electron chi connectivity index (χ0n) is 10.6. The van der Waals surface area contributed by atoms with Gasteiger partial charge >= 0.3 is 0 Å². The molecule has 0 fully saturated rings. The van der Waals surface area contributed by atoms with Crippen LogP contribution in [0.4, 0.5) is 0 Å². The van der Waals surface area contributed by atoms with Crippen LogP contribution in [0.2, 0.25) is 0 Å². The third kappa shape index (κ3) is 4.93. The van der Waals surface area contributed by atoms with Crippen molar-refractivity contribution in [2.24, 2.45) is 0 Å². The highest BCUT2D eigenvalue weighted by atomic mass is 16.5. The van der Waals surface area contributed by atoms with Gasteiger partial charge in [-0.15, -0.1) is 5.92 Å². The molecule has 17 heavy (non-hydrogen) atoms. The number of aliphatic hydroxyl groups is 1. The summed E-state index contributed by atoms with van der Waals surface area (Å²) in [6.45, 7) is 2.17. The number of ether oxygens (including phenoxy) is 1. The number of unbranched alkanes of at least 4 members (excludes halogenated alkanes) is 3. The highest BCUT2D eigenvalue weighted by molar-refractivity contribution is 5.33. The molecule has 0 aliphatic heterocycles. The Labute approximate surface area is 104 Å². The zero-order chi connectivity index (χ0) is 12.5. The monoisotopic (exact) mass is 232 g/mol.